The van der Waals surface area contributed by atoms with Crippen LogP contribution in [0.1, 0.15) is 12.7 Å². The molecule has 2 rings (SSSR count). The number of methoxy groups -OCH3 is 1. The highest BCUT2D eigenvalue weighted by Crippen LogP contribution is 2.18. The van der Waals surface area contributed by atoms with E-state index >= 15 is 0 Å². The highest BCUT2D eigenvalue weighted by molar-refractivity contribution is 5.78. The average molecular weight is 300 g/mol. The fourth-order valence-electron chi connectivity index (χ4n) is 1.69. The van der Waals surface area contributed by atoms with Gasteiger partial charge in [-0.15, -0.1) is 0 Å². The minimum atomic E-state index is 0.332. The fraction of sp³-hybridized carbons (Fsp3) is 0.267. The SMILES string of the molecule is C=C(C)CNC(N)=NCc1nc(-c2ccc(OC)cc2)n[nH]1. The van der Waals surface area contributed by atoms with Crippen molar-refractivity contribution in [2.45, 2.75) is 13.5 Å². The predicted octanol–water partition coefficient (Wildman–Crippen LogP) is 1.46. The summed E-state index contributed by atoms with van der Waals surface area (Å²) in [4.78, 5) is 8.58. The molecule has 4 N–H and O–H groups in total. The Bertz CT molecular complexity index is 659. The molecule has 116 valence electrons. The van der Waals surface area contributed by atoms with Gasteiger partial charge in [-0.2, -0.15) is 5.10 Å². The number of aromatic nitrogens is 3. The normalized spacial score (nSPS) is 11.3. The second-order valence-electron chi connectivity index (χ2n) is 4.85. The monoisotopic (exact) mass is 300 g/mol. The molecule has 0 amide bonds. The summed E-state index contributed by atoms with van der Waals surface area (Å²) in [7, 11) is 1.63. The van der Waals surface area contributed by atoms with E-state index in [0.717, 1.165) is 16.9 Å². The van der Waals surface area contributed by atoms with Crippen LogP contribution in [0.2, 0.25) is 0 Å². The van der Waals surface area contributed by atoms with Gasteiger partial charge in [0.2, 0.25) is 0 Å². The number of hydrogen-bond donors (Lipinski definition) is 3. The maximum atomic E-state index is 5.74. The first kappa shape index (κ1) is 15.6. The number of rotatable bonds is 6. The molecule has 0 aliphatic heterocycles. The molecule has 0 atom stereocenters. The zero-order valence-electron chi connectivity index (χ0n) is 12.8. The fourth-order valence-corrected chi connectivity index (χ4v) is 1.69. The minimum Gasteiger partial charge on any atom is -0.497 e. The van der Waals surface area contributed by atoms with Crippen molar-refractivity contribution in [2.75, 3.05) is 13.7 Å². The van der Waals surface area contributed by atoms with Crippen LogP contribution in [0.25, 0.3) is 11.4 Å². The summed E-state index contributed by atoms with van der Waals surface area (Å²) in [5, 5.41) is 9.98. The number of hydrogen-bond acceptors (Lipinski definition) is 4. The lowest BCUT2D eigenvalue weighted by atomic mass is 10.2. The van der Waals surface area contributed by atoms with E-state index in [2.05, 4.69) is 32.1 Å². The van der Waals surface area contributed by atoms with E-state index in [1.54, 1.807) is 7.11 Å². The number of guanidine groups is 1. The molecule has 1 heterocycles. The van der Waals surface area contributed by atoms with Crippen molar-refractivity contribution >= 4 is 5.96 Å². The third kappa shape index (κ3) is 4.34. The van der Waals surface area contributed by atoms with Crippen LogP contribution in [0.3, 0.4) is 0 Å². The van der Waals surface area contributed by atoms with Gasteiger partial charge in [-0.3, -0.25) is 5.10 Å². The molecule has 1 aromatic heterocycles. The number of nitrogens with one attached hydrogen (secondary N) is 2. The number of ether oxygens (including phenoxy) is 1. The van der Waals surface area contributed by atoms with Crippen molar-refractivity contribution in [3.63, 3.8) is 0 Å². The topological polar surface area (TPSA) is 101 Å². The Morgan fingerprint density at radius 1 is 1.41 bits per heavy atom. The molecule has 0 unspecified atom stereocenters. The molecule has 0 saturated heterocycles. The summed E-state index contributed by atoms with van der Waals surface area (Å²) in [6.45, 7) is 6.63. The maximum absolute atomic E-state index is 5.74. The lowest BCUT2D eigenvalue weighted by Gasteiger charge is -2.03. The van der Waals surface area contributed by atoms with E-state index in [4.69, 9.17) is 10.5 Å². The Morgan fingerprint density at radius 3 is 2.77 bits per heavy atom. The molecule has 0 bridgehead atoms. The maximum Gasteiger partial charge on any atom is 0.189 e. The third-order valence-corrected chi connectivity index (χ3v) is 2.85. The van der Waals surface area contributed by atoms with E-state index in [1.165, 1.54) is 0 Å². The lowest BCUT2D eigenvalue weighted by molar-refractivity contribution is 0.415. The standard InChI is InChI=1S/C15H20N6O/c1-10(2)8-17-15(16)18-9-13-19-14(21-20-13)11-4-6-12(22-3)7-5-11/h4-7H,1,8-9H2,2-3H3,(H3,16,17,18)(H,19,20,21). The Morgan fingerprint density at radius 2 is 2.14 bits per heavy atom. The van der Waals surface area contributed by atoms with Crippen molar-refractivity contribution in [2.24, 2.45) is 10.7 Å². The molecule has 7 heteroatoms. The molecular formula is C15H20N6O. The largest absolute Gasteiger partial charge is 0.497 e. The summed E-state index contributed by atoms with van der Waals surface area (Å²) < 4.78 is 5.12. The van der Waals surface area contributed by atoms with Gasteiger partial charge < -0.3 is 15.8 Å². The van der Waals surface area contributed by atoms with Crippen molar-refractivity contribution in [1.82, 2.24) is 20.5 Å². The Balaban J connectivity index is 1.98. The van der Waals surface area contributed by atoms with Crippen LogP contribution in [0.4, 0.5) is 0 Å². The summed E-state index contributed by atoms with van der Waals surface area (Å²) in [6, 6.07) is 7.53. The van der Waals surface area contributed by atoms with Gasteiger partial charge >= 0.3 is 0 Å². The van der Waals surface area contributed by atoms with Crippen LogP contribution in [-0.2, 0) is 6.54 Å². The number of H-pyrrole nitrogens is 1. The highest BCUT2D eigenvalue weighted by atomic mass is 16.5. The van der Waals surface area contributed by atoms with Crippen LogP contribution in [0.5, 0.6) is 5.75 Å². The van der Waals surface area contributed by atoms with E-state index in [1.807, 2.05) is 31.2 Å². The summed E-state index contributed by atoms with van der Waals surface area (Å²) in [5.74, 6) is 2.40. The first-order valence-electron chi connectivity index (χ1n) is 6.82. The van der Waals surface area contributed by atoms with Crippen molar-refractivity contribution < 1.29 is 4.74 Å². The van der Waals surface area contributed by atoms with Crippen LogP contribution < -0.4 is 15.8 Å². The molecule has 0 aliphatic carbocycles. The summed E-state index contributed by atoms with van der Waals surface area (Å²) in [6.07, 6.45) is 0. The summed E-state index contributed by atoms with van der Waals surface area (Å²) in [5.41, 5.74) is 7.63. The molecule has 7 nitrogen and oxygen atoms in total. The first-order chi connectivity index (χ1) is 10.6. The molecule has 2 aromatic rings. The van der Waals surface area contributed by atoms with E-state index in [-0.39, 0.29) is 0 Å². The highest BCUT2D eigenvalue weighted by Gasteiger charge is 2.06. The second kappa shape index (κ2) is 7.26. The van der Waals surface area contributed by atoms with Gasteiger partial charge in [-0.1, -0.05) is 12.2 Å². The quantitative estimate of drug-likeness (QED) is 0.426. The van der Waals surface area contributed by atoms with Crippen molar-refractivity contribution in [3.8, 4) is 17.1 Å². The summed E-state index contributed by atoms with van der Waals surface area (Å²) >= 11 is 0. The molecule has 1 aromatic carbocycles. The minimum absolute atomic E-state index is 0.332. The number of aliphatic imine (C=N–C) groups is 1. The predicted molar refractivity (Wildman–Crippen MR) is 86.5 cm³/mol. The smallest absolute Gasteiger partial charge is 0.189 e. The Kier molecular flexibility index (Phi) is 5.13. The van der Waals surface area contributed by atoms with E-state index < -0.39 is 0 Å². The van der Waals surface area contributed by atoms with Crippen LogP contribution in [-0.4, -0.2) is 34.8 Å². The first-order valence-corrected chi connectivity index (χ1v) is 6.82. The molecular weight excluding hydrogens is 280 g/mol. The van der Waals surface area contributed by atoms with Crippen LogP contribution >= 0.6 is 0 Å². The van der Waals surface area contributed by atoms with Crippen LogP contribution in [0, 0.1) is 0 Å². The van der Waals surface area contributed by atoms with E-state index in [9.17, 15) is 0 Å². The van der Waals surface area contributed by atoms with E-state index in [0.29, 0.717) is 30.7 Å². The zero-order valence-corrected chi connectivity index (χ0v) is 12.8. The van der Waals surface area contributed by atoms with Gasteiger partial charge in [0.25, 0.3) is 0 Å². The molecule has 22 heavy (non-hydrogen) atoms. The van der Waals surface area contributed by atoms with Gasteiger partial charge in [0.05, 0.1) is 7.11 Å². The number of aromatic amines is 1. The molecule has 0 saturated carbocycles. The Hall–Kier alpha value is -2.83. The third-order valence-electron chi connectivity index (χ3n) is 2.85. The Labute approximate surface area is 129 Å². The van der Waals surface area contributed by atoms with Gasteiger partial charge in [0.15, 0.2) is 11.8 Å². The lowest BCUT2D eigenvalue weighted by Crippen LogP contribution is -2.32. The van der Waals surface area contributed by atoms with Gasteiger partial charge in [0, 0.05) is 12.1 Å². The molecule has 0 spiro atoms. The van der Waals surface area contributed by atoms with Gasteiger partial charge in [-0.05, 0) is 31.2 Å². The zero-order chi connectivity index (χ0) is 15.9. The average Bonchev–Trinajstić information content (AvgIpc) is 3.00. The second-order valence-corrected chi connectivity index (χ2v) is 4.85. The number of nitrogens with zero attached hydrogens (tertiary/aromatic N) is 3. The number of nitrogens with two attached hydrogens (primary N) is 1. The van der Waals surface area contributed by atoms with Gasteiger partial charge in [-0.25, -0.2) is 9.98 Å². The molecule has 0 fully saturated rings. The number of benzene rings is 1. The molecule has 0 radical (unpaired) electrons. The van der Waals surface area contributed by atoms with Crippen LogP contribution in [0.15, 0.2) is 41.4 Å². The van der Waals surface area contributed by atoms with Crippen molar-refractivity contribution in [3.05, 3.63) is 42.2 Å². The van der Waals surface area contributed by atoms with Gasteiger partial charge in [0.1, 0.15) is 18.1 Å². The molecule has 0 aliphatic rings. The van der Waals surface area contributed by atoms with Crippen molar-refractivity contribution in [1.29, 1.82) is 0 Å².